The number of nitrogens with two attached hydrogens (primary N) is 3. The zero-order valence-corrected chi connectivity index (χ0v) is 31.7. The van der Waals surface area contributed by atoms with Crippen LogP contribution in [0.1, 0.15) is 58.6 Å². The van der Waals surface area contributed by atoms with Crippen molar-refractivity contribution in [1.29, 1.82) is 0 Å². The Hall–Kier alpha value is -5.36. The third-order valence-corrected chi connectivity index (χ3v) is 9.00. The molecule has 0 spiro atoms. The topological polar surface area (TPSA) is 346 Å². The van der Waals surface area contributed by atoms with Crippen molar-refractivity contribution >= 4 is 46.8 Å². The van der Waals surface area contributed by atoms with E-state index in [1.807, 2.05) is 5.43 Å². The van der Waals surface area contributed by atoms with Crippen LogP contribution in [0.4, 0.5) is 10.7 Å². The summed E-state index contributed by atoms with van der Waals surface area (Å²) in [5, 5.41) is 28.9. The number of likely N-dealkylation sites (N-methyl/N-ethyl adjacent to an activating group) is 1. The number of hydrogen-bond acceptors (Lipinski definition) is 15. The minimum atomic E-state index is -1.62. The fourth-order valence-corrected chi connectivity index (χ4v) is 5.98. The molecule has 6 unspecified atom stereocenters. The van der Waals surface area contributed by atoms with Crippen LogP contribution in [0.5, 0.6) is 0 Å². The average Bonchev–Trinajstić information content (AvgIpc) is 3.60. The maximum Gasteiger partial charge on any atom is 0.410 e. The monoisotopic (exact) mass is 794 g/mol. The molecule has 5 amide bonds. The van der Waals surface area contributed by atoms with Crippen LogP contribution in [0.2, 0.25) is 0 Å². The summed E-state index contributed by atoms with van der Waals surface area (Å²) in [6, 6.07) is -2.00. The van der Waals surface area contributed by atoms with E-state index in [-0.39, 0.29) is 68.3 Å². The van der Waals surface area contributed by atoms with Crippen molar-refractivity contribution in [2.24, 2.45) is 17.5 Å². The number of nitrogens with zero attached hydrogens (tertiary/aromatic N) is 4. The third-order valence-electron chi connectivity index (χ3n) is 9.00. The minimum absolute atomic E-state index is 0.0260. The normalized spacial score (nSPS) is 18.9. The standard InChI is InChI=1S/C33H54N12O11/c1-5-14-44-23-26(40-31(35)41-29(23)52)45(32(44)53)30-25(24(49)19(16-46)55-30)56-33(54)43(4)15-13-37-27(50)18(9-6-7-12-34)38-28(51)22(17(2)3)39-20(47)10-8-11-21(48)42-36/h5,17-19,22,24-25,30,46,49H,1,6-16,34,36H2,2-4H3,(H,37,50)(H,38,51)(H,39,47)(H,42,48)(H3,35,40,41,52). The Morgan fingerprint density at radius 2 is 1.80 bits per heavy atom. The van der Waals surface area contributed by atoms with Crippen molar-refractivity contribution in [3.8, 4) is 0 Å². The molecule has 1 fully saturated rings. The number of hydrazine groups is 1. The number of nitrogens with one attached hydrogen (secondary N) is 5. The largest absolute Gasteiger partial charge is 0.438 e. The van der Waals surface area contributed by atoms with Gasteiger partial charge in [0.2, 0.25) is 29.6 Å². The van der Waals surface area contributed by atoms with Gasteiger partial charge in [-0.25, -0.2) is 20.0 Å². The van der Waals surface area contributed by atoms with E-state index in [0.29, 0.717) is 19.4 Å². The van der Waals surface area contributed by atoms with Crippen molar-refractivity contribution in [2.45, 2.75) is 95.5 Å². The first-order valence-electron chi connectivity index (χ1n) is 18.1. The highest BCUT2D eigenvalue weighted by atomic mass is 16.6. The highest BCUT2D eigenvalue weighted by molar-refractivity contribution is 5.92. The number of aromatic amines is 1. The average molecular weight is 795 g/mol. The summed E-state index contributed by atoms with van der Waals surface area (Å²) in [6.45, 7) is 6.35. The molecule has 0 radical (unpaired) electrons. The van der Waals surface area contributed by atoms with Gasteiger partial charge in [0.15, 0.2) is 23.5 Å². The molecule has 312 valence electrons. The zero-order valence-electron chi connectivity index (χ0n) is 31.7. The number of ether oxygens (including phenoxy) is 2. The van der Waals surface area contributed by atoms with E-state index in [0.717, 1.165) is 14.0 Å². The van der Waals surface area contributed by atoms with Gasteiger partial charge in [0.05, 0.1) is 6.61 Å². The number of aliphatic hydroxyl groups is 2. The molecule has 1 aliphatic heterocycles. The highest BCUT2D eigenvalue weighted by Gasteiger charge is 2.49. The number of carbonyl (C=O) groups is 5. The Morgan fingerprint density at radius 3 is 2.43 bits per heavy atom. The van der Waals surface area contributed by atoms with Crippen LogP contribution in [0.15, 0.2) is 22.2 Å². The molecule has 0 aliphatic carbocycles. The molecule has 23 nitrogen and oxygen atoms in total. The molecule has 56 heavy (non-hydrogen) atoms. The molecular formula is C33H54N12O11. The number of carbonyl (C=O) groups excluding carboxylic acids is 5. The molecule has 1 aliphatic rings. The number of H-pyrrole nitrogens is 1. The smallest absolute Gasteiger partial charge is 0.410 e. The number of fused-ring (bicyclic) bond motifs is 1. The van der Waals surface area contributed by atoms with Crippen LogP contribution in [-0.2, 0) is 35.2 Å². The minimum Gasteiger partial charge on any atom is -0.438 e. The lowest BCUT2D eigenvalue weighted by Crippen LogP contribution is -2.55. The zero-order chi connectivity index (χ0) is 41.7. The first kappa shape index (κ1) is 45.0. The van der Waals surface area contributed by atoms with Gasteiger partial charge < -0.3 is 52.0 Å². The number of hydrogen-bond donors (Lipinski definition) is 10. The fourth-order valence-electron chi connectivity index (χ4n) is 5.98. The van der Waals surface area contributed by atoms with Crippen LogP contribution < -0.4 is 49.9 Å². The molecule has 0 aromatic carbocycles. The van der Waals surface area contributed by atoms with Gasteiger partial charge in [-0.2, -0.15) is 4.98 Å². The number of unbranched alkanes of at least 4 members (excludes halogenated alkanes) is 1. The summed E-state index contributed by atoms with van der Waals surface area (Å²) in [7, 11) is 1.35. The maximum atomic E-state index is 13.6. The number of aliphatic hydroxyl groups excluding tert-OH is 2. The lowest BCUT2D eigenvalue weighted by atomic mass is 10.0. The number of anilines is 1. The Labute approximate surface area is 321 Å². The third kappa shape index (κ3) is 11.3. The molecule has 3 heterocycles. The number of aromatic nitrogens is 4. The van der Waals surface area contributed by atoms with Crippen molar-refractivity contribution in [3.63, 3.8) is 0 Å². The van der Waals surface area contributed by atoms with Crippen LogP contribution in [0, 0.1) is 5.92 Å². The molecule has 0 bridgehead atoms. The summed E-state index contributed by atoms with van der Waals surface area (Å²) in [5.41, 5.74) is 11.4. The molecule has 2 aromatic heterocycles. The molecule has 6 atom stereocenters. The van der Waals surface area contributed by atoms with E-state index >= 15 is 0 Å². The maximum absolute atomic E-state index is 13.6. The van der Waals surface area contributed by atoms with Gasteiger partial charge in [0.1, 0.15) is 24.3 Å². The van der Waals surface area contributed by atoms with Crippen LogP contribution in [0.3, 0.4) is 0 Å². The van der Waals surface area contributed by atoms with Gasteiger partial charge in [-0.05, 0) is 38.1 Å². The summed E-state index contributed by atoms with van der Waals surface area (Å²) < 4.78 is 13.3. The Morgan fingerprint density at radius 1 is 1.11 bits per heavy atom. The molecule has 2 aromatic rings. The van der Waals surface area contributed by atoms with E-state index < -0.39 is 84.2 Å². The van der Waals surface area contributed by atoms with E-state index in [9.17, 15) is 43.8 Å². The Bertz CT molecular complexity index is 1830. The quantitative estimate of drug-likeness (QED) is 0.0192. The second-order valence-electron chi connectivity index (χ2n) is 13.5. The van der Waals surface area contributed by atoms with E-state index in [1.54, 1.807) is 13.8 Å². The van der Waals surface area contributed by atoms with E-state index in [1.165, 1.54) is 13.1 Å². The first-order valence-corrected chi connectivity index (χ1v) is 18.1. The van der Waals surface area contributed by atoms with Crippen molar-refractivity contribution in [3.05, 3.63) is 33.5 Å². The van der Waals surface area contributed by atoms with Crippen LogP contribution >= 0.6 is 0 Å². The molecule has 3 rings (SSSR count). The van der Waals surface area contributed by atoms with E-state index in [4.69, 9.17) is 26.8 Å². The molecule has 1 saturated heterocycles. The molecule has 13 N–H and O–H groups in total. The number of rotatable bonds is 21. The van der Waals surface area contributed by atoms with Crippen molar-refractivity contribution in [1.82, 2.24) is 45.4 Å². The SMILES string of the molecule is C=CCn1c(=O)n(C2OC(CO)C(O)C2OC(=O)N(C)CCNC(=O)C(CCCCN)NC(=O)C(NC(=O)CCCC(=O)NN)C(C)C)c2nc(N)[nH]c(=O)c21. The number of nitrogen functional groups attached to an aromatic ring is 1. The van der Waals surface area contributed by atoms with Crippen LogP contribution in [-0.4, -0.2) is 128 Å². The van der Waals surface area contributed by atoms with Gasteiger partial charge in [0.25, 0.3) is 5.56 Å². The summed E-state index contributed by atoms with van der Waals surface area (Å²) in [5.74, 6) is 2.33. The summed E-state index contributed by atoms with van der Waals surface area (Å²) in [4.78, 5) is 97.6. The van der Waals surface area contributed by atoms with Gasteiger partial charge in [-0.15, -0.1) is 6.58 Å². The van der Waals surface area contributed by atoms with Crippen LogP contribution in [0.25, 0.3) is 11.2 Å². The highest BCUT2D eigenvalue weighted by Crippen LogP contribution is 2.33. The Balaban J connectivity index is 1.69. The lowest BCUT2D eigenvalue weighted by molar-refractivity contribution is -0.133. The van der Waals surface area contributed by atoms with E-state index in [2.05, 4.69) is 32.5 Å². The van der Waals surface area contributed by atoms with Gasteiger partial charge in [0, 0.05) is 39.5 Å². The predicted octanol–water partition coefficient (Wildman–Crippen LogP) is -3.63. The van der Waals surface area contributed by atoms with Gasteiger partial charge in [-0.3, -0.25) is 38.9 Å². The second-order valence-corrected chi connectivity index (χ2v) is 13.5. The second kappa shape index (κ2) is 21.1. The first-order chi connectivity index (χ1) is 26.6. The number of amides is 5. The van der Waals surface area contributed by atoms with Gasteiger partial charge >= 0.3 is 11.8 Å². The fraction of sp³-hybridized carbons (Fsp3) is 0.636. The van der Waals surface area contributed by atoms with Gasteiger partial charge in [-0.1, -0.05) is 19.9 Å². The summed E-state index contributed by atoms with van der Waals surface area (Å²) >= 11 is 0. The lowest BCUT2D eigenvalue weighted by Gasteiger charge is -2.26. The molecular weight excluding hydrogens is 740 g/mol. The Kier molecular flexibility index (Phi) is 17.0. The summed E-state index contributed by atoms with van der Waals surface area (Å²) in [6.07, 6.45) is -4.19. The van der Waals surface area contributed by atoms with Crippen molar-refractivity contribution < 1.29 is 43.7 Å². The van der Waals surface area contributed by atoms with Crippen molar-refractivity contribution in [2.75, 3.05) is 39.0 Å². The predicted molar refractivity (Wildman–Crippen MR) is 200 cm³/mol. The number of allylic oxidation sites excluding steroid dienone is 1. The number of imidazole rings is 1. The molecule has 23 heteroatoms. The molecule has 0 saturated carbocycles.